The first kappa shape index (κ1) is 65.1. The maximum absolute atomic E-state index is 12.9. The number of hydrogen-bond acceptors (Lipinski definition) is 6. The smallest absolute Gasteiger partial charge is 0.306 e. The van der Waals surface area contributed by atoms with Crippen molar-refractivity contribution in [2.45, 2.75) is 258 Å². The third-order valence-corrected chi connectivity index (χ3v) is 11.7. The Labute approximate surface area is 425 Å². The maximum Gasteiger partial charge on any atom is 0.306 e. The predicted octanol–water partition coefficient (Wildman–Crippen LogP) is 19.1. The largest absolute Gasteiger partial charge is 0.462 e. The molecule has 0 aromatic carbocycles. The Hall–Kier alpha value is -3.93. The van der Waals surface area contributed by atoms with E-state index in [0.717, 1.165) is 103 Å². The lowest BCUT2D eigenvalue weighted by atomic mass is 10.1. The minimum atomic E-state index is -0.819. The molecule has 0 saturated carbocycles. The molecule has 1 atom stereocenters. The quantitative estimate of drug-likeness (QED) is 0.0262. The minimum Gasteiger partial charge on any atom is -0.462 e. The Morgan fingerprint density at radius 3 is 1.03 bits per heavy atom. The number of esters is 3. The fourth-order valence-electron chi connectivity index (χ4n) is 7.48. The second kappa shape index (κ2) is 56.7. The van der Waals surface area contributed by atoms with Crippen LogP contribution in [0.3, 0.4) is 0 Å². The van der Waals surface area contributed by atoms with Crippen LogP contribution in [-0.4, -0.2) is 37.2 Å². The first-order chi connectivity index (χ1) is 34.0. The molecule has 0 aromatic heterocycles. The molecule has 0 N–H and O–H groups in total. The van der Waals surface area contributed by atoms with Crippen molar-refractivity contribution in [1.29, 1.82) is 0 Å². The molecule has 1 unspecified atom stereocenters. The zero-order valence-corrected chi connectivity index (χ0v) is 44.8. The van der Waals surface area contributed by atoms with E-state index >= 15 is 0 Å². The molecule has 6 nitrogen and oxygen atoms in total. The minimum absolute atomic E-state index is 0.112. The van der Waals surface area contributed by atoms with Crippen molar-refractivity contribution < 1.29 is 28.6 Å². The van der Waals surface area contributed by atoms with Gasteiger partial charge < -0.3 is 14.2 Å². The Morgan fingerprint density at radius 2 is 0.609 bits per heavy atom. The van der Waals surface area contributed by atoms with Gasteiger partial charge in [-0.2, -0.15) is 0 Å². The van der Waals surface area contributed by atoms with E-state index < -0.39 is 6.10 Å². The SMILES string of the molecule is CC/C=C\C/C=C\C/C=C\C/C=C\C/C=C\C/C=C\CCC(=O)OCC(COC(=O)CCCCCCC/C=C\C/C=C\CCCC)OC(=O)CCCCCCCCC/C=C\CCCCCCCCC. The van der Waals surface area contributed by atoms with Gasteiger partial charge in [-0.1, -0.05) is 233 Å². The monoisotopic (exact) mass is 957 g/mol. The molecule has 0 aliphatic carbocycles. The van der Waals surface area contributed by atoms with Crippen LogP contribution in [0.2, 0.25) is 0 Å². The molecule has 0 spiro atoms. The molecule has 0 aliphatic rings. The molecule has 392 valence electrons. The molecule has 0 bridgehead atoms. The highest BCUT2D eigenvalue weighted by Crippen LogP contribution is 2.14. The summed E-state index contributed by atoms with van der Waals surface area (Å²) in [6, 6.07) is 0. The van der Waals surface area contributed by atoms with Gasteiger partial charge in [-0.05, 0) is 109 Å². The lowest BCUT2D eigenvalue weighted by molar-refractivity contribution is -0.166. The Morgan fingerprint density at radius 1 is 0.304 bits per heavy atom. The van der Waals surface area contributed by atoms with Crippen molar-refractivity contribution in [1.82, 2.24) is 0 Å². The molecule has 0 saturated heterocycles. The lowest BCUT2D eigenvalue weighted by Crippen LogP contribution is -2.30. The number of ether oxygens (including phenoxy) is 3. The Balaban J connectivity index is 4.52. The van der Waals surface area contributed by atoms with Gasteiger partial charge in [0, 0.05) is 19.3 Å². The van der Waals surface area contributed by atoms with E-state index in [-0.39, 0.29) is 37.5 Å². The zero-order valence-electron chi connectivity index (χ0n) is 44.8. The first-order valence-corrected chi connectivity index (χ1v) is 28.4. The van der Waals surface area contributed by atoms with Crippen LogP contribution >= 0.6 is 0 Å². The molecule has 0 rings (SSSR count). The Bertz CT molecular complexity index is 1420. The van der Waals surface area contributed by atoms with Crippen molar-refractivity contribution >= 4 is 17.9 Å². The standard InChI is InChI=1S/C63H104O6/c1-4-7-10-13-16-19-22-25-28-30-32-34-35-38-41-44-47-50-53-56-62(65)68-59-60(58-67-61(64)55-52-49-46-43-40-37-27-24-21-18-15-12-9-6-3)69-63(66)57-54-51-48-45-42-39-36-33-31-29-26-23-20-17-14-11-8-5-2/h7,10,15-16,18-19,24-25,27-29,31-32,34,38,41,47,50,60H,4-6,8-9,11-14,17,20-23,26,30,33,35-37,39-40,42-46,48-49,51-59H2,1-3H3/b10-7-,18-15-,19-16-,27-24-,28-25-,31-29-,34-32-,41-38-,50-47-. The zero-order chi connectivity index (χ0) is 50.0. The van der Waals surface area contributed by atoms with E-state index in [4.69, 9.17) is 14.2 Å². The van der Waals surface area contributed by atoms with E-state index in [1.807, 2.05) is 6.08 Å². The molecule has 0 fully saturated rings. The van der Waals surface area contributed by atoms with E-state index in [2.05, 4.69) is 124 Å². The van der Waals surface area contributed by atoms with E-state index in [9.17, 15) is 14.4 Å². The third-order valence-electron chi connectivity index (χ3n) is 11.7. The van der Waals surface area contributed by atoms with Gasteiger partial charge in [-0.15, -0.1) is 0 Å². The van der Waals surface area contributed by atoms with E-state index in [0.29, 0.717) is 19.3 Å². The summed E-state index contributed by atoms with van der Waals surface area (Å²) in [4.78, 5) is 38.1. The van der Waals surface area contributed by atoms with Crippen molar-refractivity contribution in [3.63, 3.8) is 0 Å². The third kappa shape index (κ3) is 54.9. The van der Waals surface area contributed by atoms with Crippen LogP contribution in [-0.2, 0) is 28.6 Å². The van der Waals surface area contributed by atoms with Crippen molar-refractivity contribution in [2.75, 3.05) is 13.2 Å². The molecule has 0 heterocycles. The van der Waals surface area contributed by atoms with E-state index in [1.54, 1.807) is 0 Å². The van der Waals surface area contributed by atoms with Crippen LogP contribution in [0.4, 0.5) is 0 Å². The molecule has 0 radical (unpaired) electrons. The summed E-state index contributed by atoms with van der Waals surface area (Å²) < 4.78 is 16.8. The highest BCUT2D eigenvalue weighted by molar-refractivity contribution is 5.71. The van der Waals surface area contributed by atoms with Crippen LogP contribution < -0.4 is 0 Å². The summed E-state index contributed by atoms with van der Waals surface area (Å²) in [6.45, 7) is 6.40. The summed E-state index contributed by atoms with van der Waals surface area (Å²) >= 11 is 0. The first-order valence-electron chi connectivity index (χ1n) is 28.4. The molecule has 0 amide bonds. The normalized spacial score (nSPS) is 12.9. The molecular weight excluding hydrogens is 853 g/mol. The van der Waals surface area contributed by atoms with Crippen LogP contribution in [0, 0.1) is 0 Å². The average Bonchev–Trinajstić information content (AvgIpc) is 3.35. The fourth-order valence-corrected chi connectivity index (χ4v) is 7.48. The summed E-state index contributed by atoms with van der Waals surface area (Å²) in [7, 11) is 0. The van der Waals surface area contributed by atoms with Crippen LogP contribution in [0.5, 0.6) is 0 Å². The second-order valence-electron chi connectivity index (χ2n) is 18.5. The van der Waals surface area contributed by atoms with Crippen molar-refractivity contribution in [3.8, 4) is 0 Å². The summed E-state index contributed by atoms with van der Waals surface area (Å²) in [5, 5.41) is 0. The summed E-state index contributed by atoms with van der Waals surface area (Å²) in [6.07, 6.45) is 76.6. The van der Waals surface area contributed by atoms with Gasteiger partial charge in [0.15, 0.2) is 6.10 Å². The number of unbranched alkanes of at least 4 members (excludes halogenated alkanes) is 21. The lowest BCUT2D eigenvalue weighted by Gasteiger charge is -2.18. The number of hydrogen-bond donors (Lipinski definition) is 0. The van der Waals surface area contributed by atoms with Gasteiger partial charge in [0.05, 0.1) is 0 Å². The molecule has 69 heavy (non-hydrogen) atoms. The van der Waals surface area contributed by atoms with Gasteiger partial charge in [-0.25, -0.2) is 0 Å². The highest BCUT2D eigenvalue weighted by atomic mass is 16.6. The summed E-state index contributed by atoms with van der Waals surface area (Å²) in [5.74, 6) is -1.02. The van der Waals surface area contributed by atoms with Crippen LogP contribution in [0.25, 0.3) is 0 Å². The molecular formula is C63H104O6. The van der Waals surface area contributed by atoms with E-state index in [1.165, 1.54) is 103 Å². The van der Waals surface area contributed by atoms with Gasteiger partial charge in [0.2, 0.25) is 0 Å². The van der Waals surface area contributed by atoms with Gasteiger partial charge >= 0.3 is 17.9 Å². The van der Waals surface area contributed by atoms with Crippen molar-refractivity contribution in [2.24, 2.45) is 0 Å². The maximum atomic E-state index is 12.9. The van der Waals surface area contributed by atoms with Gasteiger partial charge in [0.1, 0.15) is 13.2 Å². The molecule has 0 aromatic rings. The average molecular weight is 958 g/mol. The fraction of sp³-hybridized carbons (Fsp3) is 0.667. The van der Waals surface area contributed by atoms with Gasteiger partial charge in [-0.3, -0.25) is 14.4 Å². The second-order valence-corrected chi connectivity index (χ2v) is 18.5. The number of carbonyl (C=O) groups excluding carboxylic acids is 3. The van der Waals surface area contributed by atoms with Crippen LogP contribution in [0.15, 0.2) is 109 Å². The topological polar surface area (TPSA) is 78.9 Å². The van der Waals surface area contributed by atoms with Gasteiger partial charge in [0.25, 0.3) is 0 Å². The summed E-state index contributed by atoms with van der Waals surface area (Å²) in [5.41, 5.74) is 0. The molecule has 6 heteroatoms. The Kier molecular flexibility index (Phi) is 53.4. The number of carbonyl (C=O) groups is 3. The molecule has 0 aliphatic heterocycles. The predicted molar refractivity (Wildman–Crippen MR) is 297 cm³/mol. The van der Waals surface area contributed by atoms with Crippen LogP contribution in [0.1, 0.15) is 252 Å². The van der Waals surface area contributed by atoms with Crippen molar-refractivity contribution in [3.05, 3.63) is 109 Å². The highest BCUT2D eigenvalue weighted by Gasteiger charge is 2.19. The number of rotatable bonds is 50. The number of allylic oxidation sites excluding steroid dienone is 18.